The van der Waals surface area contributed by atoms with Crippen LogP contribution in [-0.4, -0.2) is 29.3 Å². The SMILES string of the molecule is CN=C(NCCCn1nc(C)cc1C)NCc1cccc(C#N)c1. The molecule has 1 heterocycles. The van der Waals surface area contributed by atoms with E-state index in [1.807, 2.05) is 29.8 Å². The van der Waals surface area contributed by atoms with E-state index in [1.54, 1.807) is 13.1 Å². The molecule has 0 unspecified atom stereocenters. The number of aromatic nitrogens is 2. The lowest BCUT2D eigenvalue weighted by molar-refractivity contribution is 0.555. The van der Waals surface area contributed by atoms with E-state index in [-0.39, 0.29) is 0 Å². The molecule has 2 N–H and O–H groups in total. The maximum Gasteiger partial charge on any atom is 0.191 e. The van der Waals surface area contributed by atoms with Gasteiger partial charge in [0.25, 0.3) is 0 Å². The van der Waals surface area contributed by atoms with Gasteiger partial charge in [0.05, 0.1) is 17.3 Å². The Hall–Kier alpha value is -2.81. The Kier molecular flexibility index (Phi) is 6.38. The molecule has 0 spiro atoms. The number of guanidine groups is 1. The Morgan fingerprint density at radius 2 is 2.12 bits per heavy atom. The van der Waals surface area contributed by atoms with Gasteiger partial charge in [0.15, 0.2) is 5.96 Å². The predicted octanol–water partition coefficient (Wildman–Crippen LogP) is 2.13. The average Bonchev–Trinajstić information content (AvgIpc) is 2.92. The Balaban J connectivity index is 1.74. The van der Waals surface area contributed by atoms with Gasteiger partial charge in [-0.3, -0.25) is 9.67 Å². The van der Waals surface area contributed by atoms with Crippen molar-refractivity contribution < 1.29 is 0 Å². The summed E-state index contributed by atoms with van der Waals surface area (Å²) in [5, 5.41) is 19.9. The Morgan fingerprint density at radius 3 is 2.79 bits per heavy atom. The van der Waals surface area contributed by atoms with E-state index in [4.69, 9.17) is 5.26 Å². The maximum atomic E-state index is 8.93. The highest BCUT2D eigenvalue weighted by Gasteiger charge is 2.02. The minimum Gasteiger partial charge on any atom is -0.356 e. The summed E-state index contributed by atoms with van der Waals surface area (Å²) in [4.78, 5) is 4.22. The first kappa shape index (κ1) is 17.5. The van der Waals surface area contributed by atoms with Crippen LogP contribution in [0.1, 0.15) is 28.9 Å². The molecule has 0 atom stereocenters. The van der Waals surface area contributed by atoms with E-state index < -0.39 is 0 Å². The normalized spacial score (nSPS) is 11.2. The van der Waals surface area contributed by atoms with Crippen molar-refractivity contribution >= 4 is 5.96 Å². The van der Waals surface area contributed by atoms with Crippen LogP contribution in [0.25, 0.3) is 0 Å². The first-order valence-corrected chi connectivity index (χ1v) is 8.07. The first-order valence-electron chi connectivity index (χ1n) is 8.07. The molecule has 0 fully saturated rings. The molecule has 0 radical (unpaired) electrons. The van der Waals surface area contributed by atoms with Crippen molar-refractivity contribution in [2.24, 2.45) is 4.99 Å². The number of hydrogen-bond acceptors (Lipinski definition) is 3. The van der Waals surface area contributed by atoms with Crippen LogP contribution in [0.5, 0.6) is 0 Å². The smallest absolute Gasteiger partial charge is 0.191 e. The molecule has 0 saturated heterocycles. The van der Waals surface area contributed by atoms with Crippen molar-refractivity contribution in [3.63, 3.8) is 0 Å². The molecular formula is C18H24N6. The van der Waals surface area contributed by atoms with Crippen LogP contribution in [0.15, 0.2) is 35.3 Å². The average molecular weight is 324 g/mol. The molecule has 6 nitrogen and oxygen atoms in total. The molecule has 0 aliphatic rings. The number of nitrogens with zero attached hydrogens (tertiary/aromatic N) is 4. The van der Waals surface area contributed by atoms with Gasteiger partial charge in [-0.25, -0.2) is 0 Å². The molecule has 0 aliphatic heterocycles. The number of nitriles is 1. The summed E-state index contributed by atoms with van der Waals surface area (Å²) in [6.45, 7) is 6.41. The predicted molar refractivity (Wildman–Crippen MR) is 95.7 cm³/mol. The summed E-state index contributed by atoms with van der Waals surface area (Å²) >= 11 is 0. The molecule has 0 amide bonds. The second-order valence-corrected chi connectivity index (χ2v) is 5.67. The van der Waals surface area contributed by atoms with Crippen LogP contribution < -0.4 is 10.6 Å². The molecule has 1 aromatic carbocycles. The molecule has 126 valence electrons. The highest BCUT2D eigenvalue weighted by Crippen LogP contribution is 2.04. The zero-order valence-corrected chi connectivity index (χ0v) is 14.5. The summed E-state index contributed by atoms with van der Waals surface area (Å²) in [6, 6.07) is 11.8. The molecule has 0 saturated carbocycles. The molecule has 6 heteroatoms. The zero-order valence-electron chi connectivity index (χ0n) is 14.5. The molecule has 2 aromatic rings. The van der Waals surface area contributed by atoms with Crippen molar-refractivity contribution in [3.05, 3.63) is 52.8 Å². The second-order valence-electron chi connectivity index (χ2n) is 5.67. The first-order chi connectivity index (χ1) is 11.6. The van der Waals surface area contributed by atoms with Gasteiger partial charge in [-0.2, -0.15) is 10.4 Å². The minimum atomic E-state index is 0.632. The minimum absolute atomic E-state index is 0.632. The molecule has 1 aromatic heterocycles. The van der Waals surface area contributed by atoms with Crippen molar-refractivity contribution in [2.75, 3.05) is 13.6 Å². The van der Waals surface area contributed by atoms with Crippen LogP contribution in [-0.2, 0) is 13.1 Å². The lowest BCUT2D eigenvalue weighted by Crippen LogP contribution is -2.37. The van der Waals surface area contributed by atoms with Crippen molar-refractivity contribution in [1.29, 1.82) is 5.26 Å². The molecule has 24 heavy (non-hydrogen) atoms. The zero-order chi connectivity index (χ0) is 17.4. The third-order valence-corrected chi connectivity index (χ3v) is 3.68. The molecule has 0 bridgehead atoms. The summed E-state index contributed by atoms with van der Waals surface area (Å²) < 4.78 is 2.03. The summed E-state index contributed by atoms with van der Waals surface area (Å²) in [6.07, 6.45) is 0.965. The van der Waals surface area contributed by atoms with Gasteiger partial charge in [-0.15, -0.1) is 0 Å². The third kappa shape index (κ3) is 5.13. The fourth-order valence-electron chi connectivity index (χ4n) is 2.49. The highest BCUT2D eigenvalue weighted by molar-refractivity contribution is 5.79. The van der Waals surface area contributed by atoms with Gasteiger partial charge < -0.3 is 10.6 Å². The maximum absolute atomic E-state index is 8.93. The van der Waals surface area contributed by atoms with Gasteiger partial charge in [0.1, 0.15) is 0 Å². The van der Waals surface area contributed by atoms with E-state index in [1.165, 1.54) is 5.69 Å². The quantitative estimate of drug-likeness (QED) is 0.485. The summed E-state index contributed by atoms with van der Waals surface area (Å²) in [7, 11) is 1.75. The fraction of sp³-hybridized carbons (Fsp3) is 0.389. The summed E-state index contributed by atoms with van der Waals surface area (Å²) in [5.41, 5.74) is 3.96. The second kappa shape index (κ2) is 8.73. The number of benzene rings is 1. The van der Waals surface area contributed by atoms with Crippen LogP contribution in [0, 0.1) is 25.2 Å². The standard InChI is InChI=1S/C18H24N6/c1-14-10-15(2)24(23-14)9-5-8-21-18(20-3)22-13-17-7-4-6-16(11-17)12-19/h4,6-7,10-11H,5,8-9,13H2,1-3H3,(H2,20,21,22). The number of aliphatic imine (C=N–C) groups is 1. The molecular weight excluding hydrogens is 300 g/mol. The fourth-order valence-corrected chi connectivity index (χ4v) is 2.49. The van der Waals surface area contributed by atoms with E-state index in [9.17, 15) is 0 Å². The van der Waals surface area contributed by atoms with E-state index in [0.29, 0.717) is 12.1 Å². The summed E-state index contributed by atoms with van der Waals surface area (Å²) in [5.74, 6) is 0.755. The van der Waals surface area contributed by atoms with Crippen molar-refractivity contribution in [1.82, 2.24) is 20.4 Å². The molecule has 2 rings (SSSR count). The van der Waals surface area contributed by atoms with E-state index in [0.717, 1.165) is 36.7 Å². The van der Waals surface area contributed by atoms with Gasteiger partial charge in [0, 0.05) is 32.4 Å². The Labute approximate surface area is 143 Å². The van der Waals surface area contributed by atoms with Gasteiger partial charge >= 0.3 is 0 Å². The number of hydrogen-bond donors (Lipinski definition) is 2. The Bertz CT molecular complexity index is 738. The number of aryl methyl sites for hydroxylation is 3. The number of rotatable bonds is 6. The topological polar surface area (TPSA) is 78.0 Å². The Morgan fingerprint density at radius 1 is 1.29 bits per heavy atom. The van der Waals surface area contributed by atoms with Gasteiger partial charge in [-0.05, 0) is 44.0 Å². The largest absolute Gasteiger partial charge is 0.356 e. The van der Waals surface area contributed by atoms with E-state index >= 15 is 0 Å². The van der Waals surface area contributed by atoms with E-state index in [2.05, 4.69) is 39.8 Å². The number of nitrogens with one attached hydrogen (secondary N) is 2. The van der Waals surface area contributed by atoms with Crippen LogP contribution >= 0.6 is 0 Å². The molecule has 0 aliphatic carbocycles. The van der Waals surface area contributed by atoms with Crippen molar-refractivity contribution in [3.8, 4) is 6.07 Å². The van der Waals surface area contributed by atoms with Crippen LogP contribution in [0.3, 0.4) is 0 Å². The van der Waals surface area contributed by atoms with Crippen LogP contribution in [0.2, 0.25) is 0 Å². The van der Waals surface area contributed by atoms with Gasteiger partial charge in [-0.1, -0.05) is 12.1 Å². The lowest BCUT2D eigenvalue weighted by atomic mass is 10.1. The van der Waals surface area contributed by atoms with Crippen molar-refractivity contribution in [2.45, 2.75) is 33.4 Å². The third-order valence-electron chi connectivity index (χ3n) is 3.68. The highest BCUT2D eigenvalue weighted by atomic mass is 15.3. The lowest BCUT2D eigenvalue weighted by Gasteiger charge is -2.12. The van der Waals surface area contributed by atoms with Crippen LogP contribution in [0.4, 0.5) is 0 Å². The van der Waals surface area contributed by atoms with Gasteiger partial charge in [0.2, 0.25) is 0 Å². The monoisotopic (exact) mass is 324 g/mol.